The Balaban J connectivity index is 0.00000312. The van der Waals surface area contributed by atoms with E-state index in [1.165, 1.54) is 19.3 Å². The average Bonchev–Trinajstić information content (AvgIpc) is 2.41. The van der Waals surface area contributed by atoms with E-state index in [1.54, 1.807) is 24.3 Å². The monoisotopic (exact) mass is 480 g/mol. The van der Waals surface area contributed by atoms with Crippen LogP contribution in [0.5, 0.6) is 0 Å². The molecule has 1 aromatic rings. The van der Waals surface area contributed by atoms with E-state index in [0.717, 1.165) is 6.54 Å². The van der Waals surface area contributed by atoms with Crippen molar-refractivity contribution in [3.63, 3.8) is 0 Å². The quantitative estimate of drug-likeness (QED) is 0.331. The third-order valence-electron chi connectivity index (χ3n) is 3.92. The molecule has 1 saturated carbocycles. The Kier molecular flexibility index (Phi) is 8.14. The van der Waals surface area contributed by atoms with Crippen molar-refractivity contribution >= 4 is 40.0 Å². The first-order valence-corrected chi connectivity index (χ1v) is 9.81. The van der Waals surface area contributed by atoms with Crippen LogP contribution in [0.15, 0.2) is 34.2 Å². The molecule has 0 aliphatic heterocycles. The van der Waals surface area contributed by atoms with E-state index in [0.29, 0.717) is 17.4 Å². The van der Waals surface area contributed by atoms with Crippen LogP contribution >= 0.6 is 24.0 Å². The number of hydrogen-bond acceptors (Lipinski definition) is 3. The molecule has 0 radical (unpaired) electrons. The van der Waals surface area contributed by atoms with Gasteiger partial charge in [0.25, 0.3) is 0 Å². The van der Waals surface area contributed by atoms with Crippen LogP contribution in [0.2, 0.25) is 0 Å². The molecule has 4 N–H and O–H groups in total. The summed E-state index contributed by atoms with van der Waals surface area (Å²) < 4.78 is 27.8. The zero-order valence-electron chi connectivity index (χ0n) is 15.1. The molecule has 142 valence electrons. The van der Waals surface area contributed by atoms with Gasteiger partial charge in [-0.15, -0.1) is 24.0 Å². The van der Waals surface area contributed by atoms with Crippen molar-refractivity contribution in [2.45, 2.75) is 57.0 Å². The van der Waals surface area contributed by atoms with Gasteiger partial charge >= 0.3 is 0 Å². The summed E-state index contributed by atoms with van der Waals surface area (Å²) in [4.78, 5) is 4.53. The molecule has 6 nitrogen and oxygen atoms in total. The number of guanidine groups is 1. The van der Waals surface area contributed by atoms with Gasteiger partial charge in [0.1, 0.15) is 0 Å². The summed E-state index contributed by atoms with van der Waals surface area (Å²) in [7, 11) is -3.60. The van der Waals surface area contributed by atoms with Crippen molar-refractivity contribution in [1.82, 2.24) is 10.0 Å². The highest BCUT2D eigenvalue weighted by atomic mass is 127. The normalized spacial score (nSPS) is 16.0. The first-order chi connectivity index (χ1) is 11.2. The van der Waals surface area contributed by atoms with Crippen LogP contribution in [0.3, 0.4) is 0 Å². The van der Waals surface area contributed by atoms with Gasteiger partial charge in [-0.3, -0.25) is 0 Å². The lowest BCUT2D eigenvalue weighted by Crippen LogP contribution is -2.40. The fraction of sp³-hybridized carbons (Fsp3) is 0.588. The third kappa shape index (κ3) is 7.10. The number of aliphatic imine (C=N–C) groups is 1. The van der Waals surface area contributed by atoms with Gasteiger partial charge in [0, 0.05) is 12.1 Å². The Morgan fingerprint density at radius 3 is 2.48 bits per heavy atom. The fourth-order valence-electron chi connectivity index (χ4n) is 2.53. The van der Waals surface area contributed by atoms with Crippen LogP contribution in [-0.4, -0.2) is 26.5 Å². The number of sulfonamides is 1. The Hall–Kier alpha value is -0.870. The van der Waals surface area contributed by atoms with Crippen LogP contribution in [-0.2, 0) is 16.6 Å². The fourth-order valence-corrected chi connectivity index (χ4v) is 4.18. The first kappa shape index (κ1) is 22.2. The summed E-state index contributed by atoms with van der Waals surface area (Å²) >= 11 is 0. The van der Waals surface area contributed by atoms with Crippen molar-refractivity contribution in [1.29, 1.82) is 0 Å². The van der Waals surface area contributed by atoms with Gasteiger partial charge < -0.3 is 11.1 Å². The molecule has 0 bridgehead atoms. The molecule has 8 heteroatoms. The minimum Gasteiger partial charge on any atom is -0.370 e. The highest BCUT2D eigenvalue weighted by Gasteiger charge is 2.24. The van der Waals surface area contributed by atoms with E-state index in [-0.39, 0.29) is 35.4 Å². The summed E-state index contributed by atoms with van der Waals surface area (Å²) in [5.41, 5.74) is 5.97. The third-order valence-corrected chi connectivity index (χ3v) is 5.78. The van der Waals surface area contributed by atoms with Crippen molar-refractivity contribution in [3.05, 3.63) is 29.8 Å². The molecule has 1 fully saturated rings. The second kappa shape index (κ2) is 9.18. The van der Waals surface area contributed by atoms with Crippen molar-refractivity contribution in [2.75, 3.05) is 6.54 Å². The predicted octanol–water partition coefficient (Wildman–Crippen LogP) is 2.59. The lowest BCUT2D eigenvalue weighted by atomic mass is 9.85. The van der Waals surface area contributed by atoms with Crippen LogP contribution in [0, 0.1) is 5.92 Å². The molecular weight excluding hydrogens is 451 g/mol. The number of hydrogen-bond donors (Lipinski definition) is 3. The van der Waals surface area contributed by atoms with Gasteiger partial charge in [-0.05, 0) is 51.2 Å². The summed E-state index contributed by atoms with van der Waals surface area (Å²) in [6.45, 7) is 6.50. The van der Waals surface area contributed by atoms with Crippen LogP contribution in [0.25, 0.3) is 0 Å². The molecule has 1 aliphatic rings. The second-order valence-electron chi connectivity index (χ2n) is 7.34. The Bertz CT molecular complexity index is 695. The Morgan fingerprint density at radius 2 is 1.92 bits per heavy atom. The number of halogens is 1. The maximum Gasteiger partial charge on any atom is 0.241 e. The number of nitrogens with two attached hydrogens (primary N) is 1. The second-order valence-corrected chi connectivity index (χ2v) is 8.99. The number of nitrogens with zero attached hydrogens (tertiary/aromatic N) is 1. The van der Waals surface area contributed by atoms with Gasteiger partial charge in [-0.2, -0.15) is 0 Å². The molecule has 0 heterocycles. The molecule has 0 unspecified atom stereocenters. The van der Waals surface area contributed by atoms with Gasteiger partial charge in [-0.25, -0.2) is 18.1 Å². The van der Waals surface area contributed by atoms with E-state index in [9.17, 15) is 8.42 Å². The van der Waals surface area contributed by atoms with E-state index >= 15 is 0 Å². The predicted molar refractivity (Wildman–Crippen MR) is 113 cm³/mol. The number of nitrogens with one attached hydrogen (secondary N) is 2. The van der Waals surface area contributed by atoms with Crippen molar-refractivity contribution in [2.24, 2.45) is 16.6 Å². The highest BCUT2D eigenvalue weighted by Crippen LogP contribution is 2.25. The number of benzene rings is 1. The zero-order chi connectivity index (χ0) is 17.8. The van der Waals surface area contributed by atoms with E-state index in [4.69, 9.17) is 5.73 Å². The molecule has 2 rings (SSSR count). The molecule has 0 amide bonds. The van der Waals surface area contributed by atoms with Gasteiger partial charge in [0.15, 0.2) is 5.96 Å². The Labute approximate surface area is 168 Å². The lowest BCUT2D eigenvalue weighted by Gasteiger charge is -2.25. The Morgan fingerprint density at radius 1 is 1.28 bits per heavy atom. The van der Waals surface area contributed by atoms with Crippen LogP contribution in [0.1, 0.15) is 45.6 Å². The largest absolute Gasteiger partial charge is 0.370 e. The lowest BCUT2D eigenvalue weighted by molar-refractivity contribution is 0.315. The maximum atomic E-state index is 12.6. The summed E-state index contributed by atoms with van der Waals surface area (Å²) in [6, 6.07) is 6.87. The number of rotatable bonds is 6. The van der Waals surface area contributed by atoms with Gasteiger partial charge in [0.2, 0.25) is 10.0 Å². The topological polar surface area (TPSA) is 96.6 Å². The maximum absolute atomic E-state index is 12.6. The van der Waals surface area contributed by atoms with Crippen molar-refractivity contribution < 1.29 is 8.42 Å². The van der Waals surface area contributed by atoms with E-state index in [2.05, 4.69) is 15.0 Å². The average molecular weight is 480 g/mol. The first-order valence-electron chi connectivity index (χ1n) is 8.33. The molecule has 0 saturated heterocycles. The molecule has 25 heavy (non-hydrogen) atoms. The van der Waals surface area contributed by atoms with Crippen molar-refractivity contribution in [3.8, 4) is 0 Å². The molecule has 0 spiro atoms. The molecule has 0 aromatic heterocycles. The molecular formula is C17H29IN4O2S. The molecule has 1 aromatic carbocycles. The summed E-state index contributed by atoms with van der Waals surface area (Å²) in [5, 5.41) is 3.11. The minimum absolute atomic E-state index is 0. The molecule has 0 atom stereocenters. The highest BCUT2D eigenvalue weighted by molar-refractivity contribution is 14.0. The van der Waals surface area contributed by atoms with Crippen LogP contribution in [0.4, 0.5) is 0 Å². The van der Waals surface area contributed by atoms with Crippen LogP contribution < -0.4 is 15.8 Å². The zero-order valence-corrected chi connectivity index (χ0v) is 18.2. The van der Waals surface area contributed by atoms with E-state index < -0.39 is 15.6 Å². The standard InChI is InChI=1S/C17H28N4O2S.HI/c1-17(2,3)21-24(22,23)15-10-5-4-9-14(15)12-20-16(18)19-11-13-7-6-8-13;/h4-5,9-10,13,21H,6-8,11-12H2,1-3H3,(H3,18,19,20);1H. The summed E-state index contributed by atoms with van der Waals surface area (Å²) in [6.07, 6.45) is 3.76. The summed E-state index contributed by atoms with van der Waals surface area (Å²) in [5.74, 6) is 1.04. The SMILES string of the molecule is CC(C)(C)NS(=O)(=O)c1ccccc1CN=C(N)NCC1CCC1.I. The van der Waals surface area contributed by atoms with E-state index in [1.807, 2.05) is 20.8 Å². The minimum atomic E-state index is -3.60. The molecule has 1 aliphatic carbocycles. The smallest absolute Gasteiger partial charge is 0.241 e. The van der Waals surface area contributed by atoms with Gasteiger partial charge in [-0.1, -0.05) is 24.6 Å². The van der Waals surface area contributed by atoms with Gasteiger partial charge in [0.05, 0.1) is 11.4 Å².